The lowest BCUT2D eigenvalue weighted by Crippen LogP contribution is -2.53. The smallest absolute Gasteiger partial charge is 0.384 e. The average Bonchev–Trinajstić information content (AvgIpc) is 3.33. The largest absolute Gasteiger partial charge is 0.469 e. The molecule has 146 valence electrons. The van der Waals surface area contributed by atoms with Crippen LogP contribution in [-0.4, -0.2) is 49.6 Å². The van der Waals surface area contributed by atoms with Crippen LogP contribution in [0.2, 0.25) is 5.02 Å². The van der Waals surface area contributed by atoms with Crippen molar-refractivity contribution in [1.29, 1.82) is 0 Å². The number of anilines is 1. The van der Waals surface area contributed by atoms with Crippen LogP contribution in [0.5, 0.6) is 0 Å². The first-order valence-electron chi connectivity index (χ1n) is 9.00. The van der Waals surface area contributed by atoms with Gasteiger partial charge in [-0.3, -0.25) is 14.5 Å². The third-order valence-electron chi connectivity index (χ3n) is 5.94. The molecule has 1 spiro atoms. The van der Waals surface area contributed by atoms with Gasteiger partial charge in [0.1, 0.15) is 11.5 Å². The van der Waals surface area contributed by atoms with E-state index < -0.39 is 29.3 Å². The normalized spacial score (nSPS) is 30.2. The van der Waals surface area contributed by atoms with Crippen LogP contribution in [0, 0.1) is 23.7 Å². The molecule has 28 heavy (non-hydrogen) atoms. The van der Waals surface area contributed by atoms with Crippen molar-refractivity contribution in [2.45, 2.75) is 24.4 Å². The zero-order valence-electron chi connectivity index (χ0n) is 15.5. The molecule has 7 nitrogen and oxygen atoms in total. The Kier molecular flexibility index (Phi) is 4.56. The van der Waals surface area contributed by atoms with Gasteiger partial charge >= 0.3 is 11.9 Å². The molecule has 1 aromatic rings. The Hall–Kier alpha value is -2.56. The molecule has 3 heterocycles. The van der Waals surface area contributed by atoms with E-state index in [0.717, 1.165) is 12.8 Å². The van der Waals surface area contributed by atoms with Gasteiger partial charge in [0.25, 0.3) is 5.91 Å². The number of halogens is 1. The first-order chi connectivity index (χ1) is 13.4. The highest BCUT2D eigenvalue weighted by molar-refractivity contribution is 6.31. The van der Waals surface area contributed by atoms with Crippen LogP contribution in [0.1, 0.15) is 18.4 Å². The van der Waals surface area contributed by atoms with Crippen molar-refractivity contribution >= 4 is 35.1 Å². The van der Waals surface area contributed by atoms with Crippen LogP contribution in [0.3, 0.4) is 0 Å². The number of nitrogens with zero attached hydrogens (tertiary/aromatic N) is 1. The Morgan fingerprint density at radius 3 is 2.82 bits per heavy atom. The minimum Gasteiger partial charge on any atom is -0.469 e. The van der Waals surface area contributed by atoms with E-state index in [9.17, 15) is 14.4 Å². The summed E-state index contributed by atoms with van der Waals surface area (Å²) in [5.74, 6) is 2.44. The van der Waals surface area contributed by atoms with Crippen molar-refractivity contribution in [1.82, 2.24) is 4.90 Å². The van der Waals surface area contributed by atoms with Crippen LogP contribution >= 0.6 is 11.6 Å². The molecule has 1 aromatic carbocycles. The molecule has 0 aliphatic carbocycles. The van der Waals surface area contributed by atoms with E-state index in [1.807, 2.05) is 4.90 Å². The van der Waals surface area contributed by atoms with Gasteiger partial charge in [0, 0.05) is 28.2 Å². The minimum atomic E-state index is -1.23. The zero-order valence-corrected chi connectivity index (χ0v) is 16.2. The van der Waals surface area contributed by atoms with E-state index in [1.54, 1.807) is 18.2 Å². The number of hydrogen-bond donors (Lipinski definition) is 1. The number of rotatable bonds is 1. The molecule has 2 fully saturated rings. The summed E-state index contributed by atoms with van der Waals surface area (Å²) in [4.78, 5) is 39.9. The predicted octanol–water partition coefficient (Wildman–Crippen LogP) is 1.55. The van der Waals surface area contributed by atoms with Gasteiger partial charge in [0.2, 0.25) is 0 Å². The van der Waals surface area contributed by atoms with Crippen LogP contribution in [0.25, 0.3) is 0 Å². The van der Waals surface area contributed by atoms with Gasteiger partial charge in [-0.05, 0) is 31.5 Å². The molecule has 4 atom stereocenters. The quantitative estimate of drug-likeness (QED) is 0.436. The first-order valence-corrected chi connectivity index (χ1v) is 9.38. The number of nitrogens with one attached hydrogen (secondary N) is 1. The minimum absolute atomic E-state index is 0.145. The van der Waals surface area contributed by atoms with E-state index in [1.165, 1.54) is 14.2 Å². The molecule has 4 unspecified atom stereocenters. The second-order valence-corrected chi connectivity index (χ2v) is 7.54. The lowest BCUT2D eigenvalue weighted by molar-refractivity contribution is -0.153. The number of fused-ring (bicyclic) bond motifs is 4. The predicted molar refractivity (Wildman–Crippen MR) is 100 cm³/mol. The molecule has 0 bridgehead atoms. The summed E-state index contributed by atoms with van der Waals surface area (Å²) in [6, 6.07) is 5.01. The maximum absolute atomic E-state index is 13.3. The van der Waals surface area contributed by atoms with Crippen molar-refractivity contribution in [3.63, 3.8) is 0 Å². The summed E-state index contributed by atoms with van der Waals surface area (Å²) in [5, 5.41) is 3.37. The molecule has 1 amide bonds. The van der Waals surface area contributed by atoms with Crippen LogP contribution in [0.15, 0.2) is 18.2 Å². The Morgan fingerprint density at radius 1 is 1.32 bits per heavy atom. The number of hydrogen-bond acceptors (Lipinski definition) is 6. The Balaban J connectivity index is 1.93. The molecule has 1 N–H and O–H groups in total. The Morgan fingerprint density at radius 2 is 2.11 bits per heavy atom. The van der Waals surface area contributed by atoms with Crippen LogP contribution in [0.4, 0.5) is 5.69 Å². The fourth-order valence-corrected chi connectivity index (χ4v) is 5.14. The van der Waals surface area contributed by atoms with E-state index >= 15 is 0 Å². The highest BCUT2D eigenvalue weighted by Gasteiger charge is 2.69. The fraction of sp³-hybridized carbons (Fsp3) is 0.450. The standard InChI is InChI=1S/C20H19ClN2O5/c1-27-16(24)8-6-12-15-4-3-9-23(15)20(17(12)18(25)28-2)13-7-5-11(21)10-14(13)22-19(20)26/h5,7,10,12,15,17H,3-4,9H2,1-2H3,(H,22,26). The monoisotopic (exact) mass is 402 g/mol. The third kappa shape index (κ3) is 2.45. The number of ether oxygens (including phenoxy) is 2. The average molecular weight is 403 g/mol. The second kappa shape index (κ2) is 6.80. The van der Waals surface area contributed by atoms with Gasteiger partial charge in [-0.25, -0.2) is 4.79 Å². The molecule has 3 aliphatic heterocycles. The summed E-state index contributed by atoms with van der Waals surface area (Å²) in [6.45, 7) is 0.643. The van der Waals surface area contributed by atoms with Gasteiger partial charge in [-0.2, -0.15) is 0 Å². The van der Waals surface area contributed by atoms with Gasteiger partial charge < -0.3 is 14.8 Å². The second-order valence-electron chi connectivity index (χ2n) is 7.10. The molecular formula is C20H19ClN2O5. The molecule has 3 aliphatic rings. The summed E-state index contributed by atoms with van der Waals surface area (Å²) in [5.41, 5.74) is 0.0362. The van der Waals surface area contributed by atoms with Gasteiger partial charge in [-0.1, -0.05) is 23.6 Å². The summed E-state index contributed by atoms with van der Waals surface area (Å²) < 4.78 is 9.70. The van der Waals surface area contributed by atoms with Crippen LogP contribution < -0.4 is 5.32 Å². The molecule has 0 radical (unpaired) electrons. The number of carbonyl (C=O) groups excluding carboxylic acids is 3. The van der Waals surface area contributed by atoms with Crippen LogP contribution in [-0.2, 0) is 29.4 Å². The summed E-state index contributed by atoms with van der Waals surface area (Å²) in [6.07, 6.45) is 1.64. The molecule has 8 heteroatoms. The Bertz CT molecular complexity index is 936. The van der Waals surface area contributed by atoms with Gasteiger partial charge in [0.05, 0.1) is 20.1 Å². The molecule has 2 saturated heterocycles. The van der Waals surface area contributed by atoms with Crippen molar-refractivity contribution in [3.8, 4) is 11.8 Å². The lowest BCUT2D eigenvalue weighted by Gasteiger charge is -2.35. The highest BCUT2D eigenvalue weighted by Crippen LogP contribution is 2.57. The van der Waals surface area contributed by atoms with Gasteiger partial charge in [0.15, 0.2) is 0 Å². The summed E-state index contributed by atoms with van der Waals surface area (Å²) in [7, 11) is 2.54. The number of amides is 1. The first kappa shape index (κ1) is 18.8. The van der Waals surface area contributed by atoms with E-state index in [-0.39, 0.29) is 11.9 Å². The van der Waals surface area contributed by atoms with Crippen molar-refractivity contribution in [2.24, 2.45) is 11.8 Å². The third-order valence-corrected chi connectivity index (χ3v) is 6.18. The maximum Gasteiger partial charge on any atom is 0.384 e. The highest BCUT2D eigenvalue weighted by atomic mass is 35.5. The number of esters is 2. The zero-order chi connectivity index (χ0) is 20.1. The summed E-state index contributed by atoms with van der Waals surface area (Å²) >= 11 is 6.10. The maximum atomic E-state index is 13.3. The van der Waals surface area contributed by atoms with Gasteiger partial charge in [-0.15, -0.1) is 0 Å². The van der Waals surface area contributed by atoms with E-state index in [0.29, 0.717) is 22.8 Å². The molecule has 0 aromatic heterocycles. The molecule has 0 saturated carbocycles. The lowest BCUT2D eigenvalue weighted by atomic mass is 9.74. The fourth-order valence-electron chi connectivity index (χ4n) is 4.97. The van der Waals surface area contributed by atoms with E-state index in [2.05, 4.69) is 21.9 Å². The number of methoxy groups -OCH3 is 2. The van der Waals surface area contributed by atoms with Crippen molar-refractivity contribution < 1.29 is 23.9 Å². The SMILES string of the molecule is COC(=O)C#CC1C2CCCN2C2(C(=O)Nc3cc(Cl)ccc32)C1C(=O)OC. The number of carbonyl (C=O) groups is 3. The molecule has 4 rings (SSSR count). The Labute approximate surface area is 167 Å². The number of benzene rings is 1. The molecular weight excluding hydrogens is 384 g/mol. The van der Waals surface area contributed by atoms with E-state index in [4.69, 9.17) is 16.3 Å². The topological polar surface area (TPSA) is 84.9 Å². The van der Waals surface area contributed by atoms with Crippen molar-refractivity contribution in [3.05, 3.63) is 28.8 Å². The van der Waals surface area contributed by atoms with Crippen molar-refractivity contribution in [2.75, 3.05) is 26.1 Å².